The van der Waals surface area contributed by atoms with Crippen LogP contribution in [0, 0.1) is 0 Å². The van der Waals surface area contributed by atoms with Crippen molar-refractivity contribution >= 4 is 17.7 Å². The Morgan fingerprint density at radius 3 is 2.92 bits per heavy atom. The Bertz CT molecular complexity index is 773. The van der Waals surface area contributed by atoms with Crippen LogP contribution in [0.25, 0.3) is 0 Å². The molecule has 1 amide bonds. The highest BCUT2D eigenvalue weighted by Crippen LogP contribution is 2.31. The molecule has 1 N–H and O–H groups in total. The third kappa shape index (κ3) is 3.79. The first-order valence-corrected chi connectivity index (χ1v) is 8.76. The molecule has 2 aromatic rings. The minimum Gasteiger partial charge on any atom is -0.497 e. The highest BCUT2D eigenvalue weighted by molar-refractivity contribution is 7.99. The quantitative estimate of drug-likeness (QED) is 0.806. The van der Waals surface area contributed by atoms with E-state index in [9.17, 15) is 9.59 Å². The van der Waals surface area contributed by atoms with Crippen molar-refractivity contribution < 1.29 is 9.53 Å². The molecule has 0 spiro atoms. The number of ether oxygens (including phenoxy) is 1. The number of rotatable bonds is 6. The van der Waals surface area contributed by atoms with E-state index in [4.69, 9.17) is 4.74 Å². The van der Waals surface area contributed by atoms with Gasteiger partial charge in [0.2, 0.25) is 5.91 Å². The molecule has 1 aromatic carbocycles. The number of hydrogen-bond acceptors (Lipinski definition) is 5. The van der Waals surface area contributed by atoms with E-state index in [0.717, 1.165) is 17.7 Å². The first kappa shape index (κ1) is 16.6. The predicted molar refractivity (Wildman–Crippen MR) is 92.6 cm³/mol. The van der Waals surface area contributed by atoms with Gasteiger partial charge in [-0.25, -0.2) is 4.98 Å². The van der Waals surface area contributed by atoms with Gasteiger partial charge in [-0.05, 0) is 24.1 Å². The van der Waals surface area contributed by atoms with Crippen LogP contribution in [0.5, 0.6) is 5.75 Å². The van der Waals surface area contributed by atoms with Crippen molar-refractivity contribution in [1.82, 2.24) is 14.9 Å². The van der Waals surface area contributed by atoms with Crippen molar-refractivity contribution in [2.24, 2.45) is 0 Å². The molecule has 1 unspecified atom stereocenters. The Hall–Kier alpha value is -2.28. The van der Waals surface area contributed by atoms with Gasteiger partial charge in [-0.3, -0.25) is 14.2 Å². The third-order valence-corrected chi connectivity index (χ3v) is 5.04. The highest BCUT2D eigenvalue weighted by Gasteiger charge is 2.26. The number of amides is 1. The van der Waals surface area contributed by atoms with Crippen LogP contribution in [0.15, 0.2) is 46.5 Å². The van der Waals surface area contributed by atoms with E-state index >= 15 is 0 Å². The van der Waals surface area contributed by atoms with Crippen molar-refractivity contribution in [3.05, 3.63) is 52.4 Å². The Labute approximate surface area is 144 Å². The lowest BCUT2D eigenvalue weighted by molar-refractivity contribution is -0.121. The molecule has 1 aliphatic rings. The number of hydrogen-bond donors (Lipinski definition) is 1. The van der Waals surface area contributed by atoms with Gasteiger partial charge < -0.3 is 10.1 Å². The van der Waals surface area contributed by atoms with E-state index in [1.807, 2.05) is 24.3 Å². The average Bonchev–Trinajstić information content (AvgIpc) is 3.00. The average molecular weight is 345 g/mol. The SMILES string of the molecule is COc1ccc(CCNC(=O)CC2CSc3nccc(=O)n32)cc1. The second kappa shape index (κ2) is 7.53. The van der Waals surface area contributed by atoms with Crippen LogP contribution in [0.2, 0.25) is 0 Å². The molecule has 0 saturated heterocycles. The molecule has 7 heteroatoms. The Morgan fingerprint density at radius 2 is 2.17 bits per heavy atom. The maximum atomic E-state index is 12.1. The molecule has 1 atom stereocenters. The number of carbonyl (C=O) groups excluding carboxylic acids is 1. The monoisotopic (exact) mass is 345 g/mol. The van der Waals surface area contributed by atoms with Gasteiger partial charge in [0.25, 0.3) is 5.56 Å². The van der Waals surface area contributed by atoms with Crippen LogP contribution in [-0.4, -0.2) is 34.9 Å². The van der Waals surface area contributed by atoms with Gasteiger partial charge in [-0.2, -0.15) is 0 Å². The molecule has 0 bridgehead atoms. The zero-order valence-corrected chi connectivity index (χ0v) is 14.2. The number of nitrogens with zero attached hydrogens (tertiary/aromatic N) is 2. The van der Waals surface area contributed by atoms with Gasteiger partial charge in [0.15, 0.2) is 5.16 Å². The molecule has 3 rings (SSSR count). The summed E-state index contributed by atoms with van der Waals surface area (Å²) in [6, 6.07) is 9.10. The van der Waals surface area contributed by atoms with Crippen molar-refractivity contribution in [2.45, 2.75) is 24.0 Å². The summed E-state index contributed by atoms with van der Waals surface area (Å²) in [5, 5.41) is 3.61. The van der Waals surface area contributed by atoms with Crippen molar-refractivity contribution in [3.8, 4) is 5.75 Å². The predicted octanol–water partition coefficient (Wildman–Crippen LogP) is 1.65. The molecular weight excluding hydrogens is 326 g/mol. The van der Waals surface area contributed by atoms with Crippen LogP contribution in [0.3, 0.4) is 0 Å². The minimum atomic E-state index is -0.118. The van der Waals surface area contributed by atoms with E-state index < -0.39 is 0 Å². The lowest BCUT2D eigenvalue weighted by Gasteiger charge is -2.13. The molecule has 0 saturated carbocycles. The second-order valence-electron chi connectivity index (χ2n) is 5.55. The van der Waals surface area contributed by atoms with Gasteiger partial charge in [-0.1, -0.05) is 23.9 Å². The van der Waals surface area contributed by atoms with E-state index in [2.05, 4.69) is 10.3 Å². The van der Waals surface area contributed by atoms with Gasteiger partial charge in [0, 0.05) is 31.0 Å². The topological polar surface area (TPSA) is 73.2 Å². The van der Waals surface area contributed by atoms with Gasteiger partial charge in [-0.15, -0.1) is 0 Å². The summed E-state index contributed by atoms with van der Waals surface area (Å²) < 4.78 is 6.74. The molecule has 24 heavy (non-hydrogen) atoms. The number of methoxy groups -OCH3 is 1. The second-order valence-corrected chi connectivity index (χ2v) is 6.54. The van der Waals surface area contributed by atoms with Crippen LogP contribution in [-0.2, 0) is 11.2 Å². The van der Waals surface area contributed by atoms with Crippen LogP contribution < -0.4 is 15.6 Å². The Balaban J connectivity index is 1.49. The first-order chi connectivity index (χ1) is 11.7. The summed E-state index contributed by atoms with van der Waals surface area (Å²) in [5.74, 6) is 1.48. The molecule has 1 aromatic heterocycles. The number of fused-ring (bicyclic) bond motifs is 1. The standard InChI is InChI=1S/C17H19N3O3S/c1-23-14-4-2-12(3-5-14)6-8-18-15(21)10-13-11-24-17-19-9-7-16(22)20(13)17/h2-5,7,9,13H,6,8,10-11H2,1H3,(H,18,21). The van der Waals surface area contributed by atoms with Gasteiger partial charge in [0.05, 0.1) is 13.2 Å². The molecule has 0 radical (unpaired) electrons. The molecule has 6 nitrogen and oxygen atoms in total. The normalized spacial score (nSPS) is 15.8. The Morgan fingerprint density at radius 1 is 1.38 bits per heavy atom. The lowest BCUT2D eigenvalue weighted by Crippen LogP contribution is -2.31. The van der Waals surface area contributed by atoms with Crippen LogP contribution in [0.4, 0.5) is 0 Å². The molecule has 1 aliphatic heterocycles. The van der Waals surface area contributed by atoms with Crippen LogP contribution >= 0.6 is 11.8 Å². The summed E-state index contributed by atoms with van der Waals surface area (Å²) in [5.41, 5.74) is 1.04. The summed E-state index contributed by atoms with van der Waals surface area (Å²) in [6.07, 6.45) is 2.57. The lowest BCUT2D eigenvalue weighted by atomic mass is 10.1. The Kier molecular flexibility index (Phi) is 5.20. The highest BCUT2D eigenvalue weighted by atomic mass is 32.2. The van der Waals surface area contributed by atoms with E-state index in [0.29, 0.717) is 23.9 Å². The zero-order valence-electron chi connectivity index (χ0n) is 13.4. The molecule has 0 aliphatic carbocycles. The smallest absolute Gasteiger partial charge is 0.254 e. The largest absolute Gasteiger partial charge is 0.497 e. The minimum absolute atomic E-state index is 0.0438. The summed E-state index contributed by atoms with van der Waals surface area (Å²) in [4.78, 5) is 28.2. The zero-order chi connectivity index (χ0) is 16.9. The summed E-state index contributed by atoms with van der Waals surface area (Å²) >= 11 is 1.52. The molecule has 0 fully saturated rings. The first-order valence-electron chi connectivity index (χ1n) is 7.77. The number of aromatic nitrogens is 2. The fraction of sp³-hybridized carbons (Fsp3) is 0.353. The van der Waals surface area contributed by atoms with Gasteiger partial charge >= 0.3 is 0 Å². The third-order valence-electron chi connectivity index (χ3n) is 3.93. The van der Waals surface area contributed by atoms with Crippen molar-refractivity contribution in [1.29, 1.82) is 0 Å². The van der Waals surface area contributed by atoms with Gasteiger partial charge in [0.1, 0.15) is 5.75 Å². The maximum absolute atomic E-state index is 12.1. The maximum Gasteiger partial charge on any atom is 0.254 e. The molecule has 126 valence electrons. The van der Waals surface area contributed by atoms with Crippen molar-refractivity contribution in [3.63, 3.8) is 0 Å². The van der Waals surface area contributed by atoms with E-state index in [1.54, 1.807) is 11.7 Å². The van der Waals surface area contributed by atoms with E-state index in [-0.39, 0.29) is 17.5 Å². The molecular formula is C17H19N3O3S. The summed E-state index contributed by atoms with van der Waals surface area (Å²) in [6.45, 7) is 0.569. The number of nitrogens with one attached hydrogen (secondary N) is 1. The number of benzene rings is 1. The number of carbonyl (C=O) groups is 1. The fourth-order valence-electron chi connectivity index (χ4n) is 2.66. The number of thioether (sulfide) groups is 1. The van der Waals surface area contributed by atoms with E-state index in [1.165, 1.54) is 24.0 Å². The fourth-order valence-corrected chi connectivity index (χ4v) is 3.79. The van der Waals surface area contributed by atoms with Crippen molar-refractivity contribution in [2.75, 3.05) is 19.4 Å². The van der Waals surface area contributed by atoms with Crippen LogP contribution in [0.1, 0.15) is 18.0 Å². The molecule has 2 heterocycles. The summed E-state index contributed by atoms with van der Waals surface area (Å²) in [7, 11) is 1.63.